The topological polar surface area (TPSA) is 88.9 Å². The smallest absolute Gasteiger partial charge is 0.119 e. The van der Waals surface area contributed by atoms with E-state index in [4.69, 9.17) is 10.5 Å². The normalized spacial score (nSPS) is 9.97. The molecule has 0 aliphatic carbocycles. The standard InChI is InChI=1S/C18H22N2O.C8H16N2.C2H5N/c1-4-16-10-15(8-9-18(16)19)13-20(2)12-14-6-5-7-17(11-14)21-3;1-5-10-8(6-9-4)7(2)3;1-2-3/h4-11H,1,12-13,19H2,2-3H3;5,9H,6H2,1-4H3;2H,1,3H2. The monoisotopic (exact) mass is 465 g/mol. The summed E-state index contributed by atoms with van der Waals surface area (Å²) in [5.74, 6) is 0.891. The van der Waals surface area contributed by atoms with Gasteiger partial charge in [-0.1, -0.05) is 43.0 Å². The molecule has 0 aliphatic rings. The molecule has 0 bridgehead atoms. The molecule has 2 aromatic rings. The number of nitrogens with one attached hydrogen (secondary N) is 1. The Bertz CT molecular complexity index is 930. The van der Waals surface area contributed by atoms with Crippen LogP contribution in [0.2, 0.25) is 0 Å². The van der Waals surface area contributed by atoms with Crippen molar-refractivity contribution in [3.63, 3.8) is 0 Å². The van der Waals surface area contributed by atoms with Crippen molar-refractivity contribution in [1.29, 1.82) is 0 Å². The number of anilines is 1. The average Bonchev–Trinajstić information content (AvgIpc) is 2.81. The van der Waals surface area contributed by atoms with Gasteiger partial charge in [-0.3, -0.25) is 9.89 Å². The van der Waals surface area contributed by atoms with Crippen molar-refractivity contribution in [1.82, 2.24) is 10.2 Å². The average molecular weight is 466 g/mol. The minimum absolute atomic E-state index is 0.768. The summed E-state index contributed by atoms with van der Waals surface area (Å²) in [5.41, 5.74) is 17.1. The lowest BCUT2D eigenvalue weighted by Crippen LogP contribution is -2.17. The highest BCUT2D eigenvalue weighted by Crippen LogP contribution is 2.18. The van der Waals surface area contributed by atoms with Crippen molar-refractivity contribution in [3.8, 4) is 5.75 Å². The Hall–Kier alpha value is -3.35. The third-order valence-corrected chi connectivity index (χ3v) is 4.62. The first-order valence-corrected chi connectivity index (χ1v) is 11.2. The van der Waals surface area contributed by atoms with Crippen molar-refractivity contribution < 1.29 is 4.74 Å². The Kier molecular flexibility index (Phi) is 16.3. The molecule has 0 fully saturated rings. The predicted octanol–water partition coefficient (Wildman–Crippen LogP) is 5.23. The van der Waals surface area contributed by atoms with Gasteiger partial charge in [0.1, 0.15) is 5.75 Å². The molecular formula is C28H43N5O. The van der Waals surface area contributed by atoms with E-state index in [-0.39, 0.29) is 0 Å². The molecule has 2 aromatic carbocycles. The van der Waals surface area contributed by atoms with Gasteiger partial charge in [-0.25, -0.2) is 0 Å². The quantitative estimate of drug-likeness (QED) is 0.348. The SMILES string of the molecule is C=CN.C=Cc1cc(CN(C)Cc2cccc(OC)c2)ccc1N.CC=NC(CNC)=C(C)C. The number of ether oxygens (including phenoxy) is 1. The van der Waals surface area contributed by atoms with Crippen molar-refractivity contribution in [2.75, 3.05) is 33.5 Å². The zero-order valence-corrected chi connectivity index (χ0v) is 21.8. The lowest BCUT2D eigenvalue weighted by Gasteiger charge is -2.18. The fraction of sp³-hybridized carbons (Fsp3) is 0.321. The van der Waals surface area contributed by atoms with E-state index in [1.165, 1.54) is 22.9 Å². The third kappa shape index (κ3) is 12.6. The second kappa shape index (κ2) is 18.1. The number of likely N-dealkylation sites (N-methyl/N-ethyl adjacent to an activating group) is 1. The summed E-state index contributed by atoms with van der Waals surface area (Å²) in [6.45, 7) is 15.6. The number of aliphatic imine (C=N–C) groups is 1. The maximum atomic E-state index is 5.89. The second-order valence-corrected chi connectivity index (χ2v) is 7.79. The van der Waals surface area contributed by atoms with Gasteiger partial charge < -0.3 is 21.5 Å². The van der Waals surface area contributed by atoms with Crippen molar-refractivity contribution in [2.24, 2.45) is 10.7 Å². The summed E-state index contributed by atoms with van der Waals surface area (Å²) in [4.78, 5) is 6.46. The van der Waals surface area contributed by atoms with Crippen LogP contribution in [0.25, 0.3) is 6.08 Å². The van der Waals surface area contributed by atoms with E-state index < -0.39 is 0 Å². The molecule has 5 N–H and O–H groups in total. The van der Waals surface area contributed by atoms with E-state index in [1.807, 2.05) is 38.4 Å². The van der Waals surface area contributed by atoms with Gasteiger partial charge in [0.2, 0.25) is 0 Å². The molecule has 0 unspecified atom stereocenters. The number of nitrogens with zero attached hydrogens (tertiary/aromatic N) is 2. The molecule has 0 aliphatic heterocycles. The number of rotatable bonds is 9. The number of hydrogen-bond acceptors (Lipinski definition) is 6. The van der Waals surface area contributed by atoms with Gasteiger partial charge in [0.25, 0.3) is 0 Å². The molecule has 6 heteroatoms. The maximum Gasteiger partial charge on any atom is 0.119 e. The number of benzene rings is 2. The molecule has 0 atom stereocenters. The van der Waals surface area contributed by atoms with Crippen LogP contribution in [-0.4, -0.2) is 38.9 Å². The lowest BCUT2D eigenvalue weighted by atomic mass is 10.1. The van der Waals surface area contributed by atoms with Crippen LogP contribution in [0.3, 0.4) is 0 Å². The lowest BCUT2D eigenvalue weighted by molar-refractivity contribution is 0.318. The number of allylic oxidation sites excluding steroid dienone is 1. The van der Waals surface area contributed by atoms with Crippen LogP contribution in [0.4, 0.5) is 5.69 Å². The largest absolute Gasteiger partial charge is 0.497 e. The molecule has 0 saturated carbocycles. The van der Waals surface area contributed by atoms with Gasteiger partial charge in [0, 0.05) is 31.5 Å². The van der Waals surface area contributed by atoms with Gasteiger partial charge in [-0.15, -0.1) is 0 Å². The zero-order valence-electron chi connectivity index (χ0n) is 21.8. The summed E-state index contributed by atoms with van der Waals surface area (Å²) < 4.78 is 5.25. The van der Waals surface area contributed by atoms with Crippen LogP contribution in [0.5, 0.6) is 5.75 Å². The summed E-state index contributed by atoms with van der Waals surface area (Å²) in [6, 6.07) is 14.2. The van der Waals surface area contributed by atoms with Crippen LogP contribution < -0.4 is 21.5 Å². The van der Waals surface area contributed by atoms with Crippen LogP contribution >= 0.6 is 0 Å². The van der Waals surface area contributed by atoms with Crippen molar-refractivity contribution >= 4 is 18.0 Å². The Morgan fingerprint density at radius 2 is 1.74 bits per heavy atom. The van der Waals surface area contributed by atoms with Gasteiger partial charge in [0.15, 0.2) is 0 Å². The van der Waals surface area contributed by atoms with Gasteiger partial charge >= 0.3 is 0 Å². The molecule has 0 radical (unpaired) electrons. The molecule has 0 spiro atoms. The number of methoxy groups -OCH3 is 1. The van der Waals surface area contributed by atoms with E-state index in [1.54, 1.807) is 13.2 Å². The zero-order chi connectivity index (χ0) is 25.9. The molecule has 34 heavy (non-hydrogen) atoms. The van der Waals surface area contributed by atoms with Crippen molar-refractivity contribution in [3.05, 3.63) is 89.8 Å². The summed E-state index contributed by atoms with van der Waals surface area (Å²) in [5, 5.41) is 3.06. The summed E-state index contributed by atoms with van der Waals surface area (Å²) >= 11 is 0. The van der Waals surface area contributed by atoms with Crippen LogP contribution in [-0.2, 0) is 13.1 Å². The molecule has 6 nitrogen and oxygen atoms in total. The molecule has 2 rings (SSSR count). The second-order valence-electron chi connectivity index (χ2n) is 7.79. The number of nitrogen functional groups attached to an aromatic ring is 1. The van der Waals surface area contributed by atoms with E-state index >= 15 is 0 Å². The van der Waals surface area contributed by atoms with Crippen LogP contribution in [0.1, 0.15) is 37.5 Å². The molecule has 0 aromatic heterocycles. The first kappa shape index (κ1) is 30.6. The number of nitrogens with two attached hydrogens (primary N) is 2. The van der Waals surface area contributed by atoms with Gasteiger partial charge in [-0.2, -0.15) is 0 Å². The highest BCUT2D eigenvalue weighted by molar-refractivity contribution is 5.64. The minimum Gasteiger partial charge on any atom is -0.497 e. The fourth-order valence-electron chi connectivity index (χ4n) is 3.02. The Morgan fingerprint density at radius 1 is 1.12 bits per heavy atom. The van der Waals surface area contributed by atoms with E-state index in [0.29, 0.717) is 0 Å². The van der Waals surface area contributed by atoms with Crippen molar-refractivity contribution in [2.45, 2.75) is 33.9 Å². The molecule has 0 amide bonds. The van der Waals surface area contributed by atoms with Crippen LogP contribution in [0, 0.1) is 0 Å². The Balaban J connectivity index is 0.000000704. The molecule has 186 valence electrons. The third-order valence-electron chi connectivity index (χ3n) is 4.62. The first-order valence-electron chi connectivity index (χ1n) is 11.2. The van der Waals surface area contributed by atoms with Gasteiger partial charge in [-0.05, 0) is 82.0 Å². The molecular weight excluding hydrogens is 422 g/mol. The highest BCUT2D eigenvalue weighted by Gasteiger charge is 2.05. The fourth-order valence-corrected chi connectivity index (χ4v) is 3.02. The van der Waals surface area contributed by atoms with E-state index in [9.17, 15) is 0 Å². The molecule has 0 saturated heterocycles. The maximum absolute atomic E-state index is 5.89. The predicted molar refractivity (Wildman–Crippen MR) is 150 cm³/mol. The van der Waals surface area contributed by atoms with E-state index in [0.717, 1.165) is 42.3 Å². The Morgan fingerprint density at radius 3 is 2.24 bits per heavy atom. The Labute approximate surface area is 206 Å². The first-order chi connectivity index (χ1) is 16.3. The van der Waals surface area contributed by atoms with Crippen LogP contribution in [0.15, 0.2) is 78.1 Å². The molecule has 0 heterocycles. The minimum atomic E-state index is 0.768. The highest BCUT2D eigenvalue weighted by atomic mass is 16.5. The summed E-state index contributed by atoms with van der Waals surface area (Å²) in [6.07, 6.45) is 4.86. The summed E-state index contributed by atoms with van der Waals surface area (Å²) in [7, 11) is 5.71. The van der Waals surface area contributed by atoms with Gasteiger partial charge in [0.05, 0.1) is 12.8 Å². The van der Waals surface area contributed by atoms with E-state index in [2.05, 4.69) is 79.3 Å². The number of hydrogen-bond donors (Lipinski definition) is 3.